The number of allylic oxidation sites excluding steroid dienone is 1. The van der Waals surface area contributed by atoms with Gasteiger partial charge < -0.3 is 15.5 Å². The maximum atomic E-state index is 11.6. The van der Waals surface area contributed by atoms with E-state index in [-0.39, 0.29) is 6.03 Å². The summed E-state index contributed by atoms with van der Waals surface area (Å²) in [4.78, 5) is 13.4. The summed E-state index contributed by atoms with van der Waals surface area (Å²) < 4.78 is 0. The van der Waals surface area contributed by atoms with Gasteiger partial charge in [0.2, 0.25) is 0 Å². The van der Waals surface area contributed by atoms with Crippen molar-refractivity contribution in [1.29, 1.82) is 0 Å². The van der Waals surface area contributed by atoms with Gasteiger partial charge in [0.05, 0.1) is 0 Å². The first-order chi connectivity index (χ1) is 9.16. The highest BCUT2D eigenvalue weighted by Crippen LogP contribution is 2.18. The van der Waals surface area contributed by atoms with Crippen LogP contribution in [0.15, 0.2) is 35.9 Å². The van der Waals surface area contributed by atoms with Crippen LogP contribution in [-0.4, -0.2) is 30.6 Å². The molecule has 1 saturated heterocycles. The van der Waals surface area contributed by atoms with E-state index in [2.05, 4.69) is 42.7 Å². The minimum atomic E-state index is 0.0269. The summed E-state index contributed by atoms with van der Waals surface area (Å²) in [6, 6.07) is 8.17. The Morgan fingerprint density at radius 1 is 1.42 bits per heavy atom. The second kappa shape index (κ2) is 6.27. The summed E-state index contributed by atoms with van der Waals surface area (Å²) in [7, 11) is 0. The number of anilines is 1. The molecule has 102 valence electrons. The molecule has 0 saturated carbocycles. The highest BCUT2D eigenvalue weighted by atomic mass is 16.2. The van der Waals surface area contributed by atoms with Crippen molar-refractivity contribution in [2.45, 2.75) is 20.4 Å². The lowest BCUT2D eigenvalue weighted by Gasteiger charge is -2.17. The van der Waals surface area contributed by atoms with E-state index in [4.69, 9.17) is 0 Å². The van der Waals surface area contributed by atoms with Crippen molar-refractivity contribution < 1.29 is 4.79 Å². The lowest BCUT2D eigenvalue weighted by molar-refractivity contribution is 0.215. The van der Waals surface area contributed by atoms with Gasteiger partial charge in [-0.1, -0.05) is 29.8 Å². The van der Waals surface area contributed by atoms with E-state index in [1.807, 2.05) is 17.0 Å². The summed E-state index contributed by atoms with van der Waals surface area (Å²) in [5, 5.41) is 6.22. The Balaban J connectivity index is 2.03. The lowest BCUT2D eigenvalue weighted by Crippen LogP contribution is -2.27. The Hall–Kier alpha value is -1.97. The fourth-order valence-corrected chi connectivity index (χ4v) is 2.06. The summed E-state index contributed by atoms with van der Waals surface area (Å²) in [5.41, 5.74) is 3.55. The molecule has 1 aromatic rings. The molecule has 0 bridgehead atoms. The Labute approximate surface area is 114 Å². The van der Waals surface area contributed by atoms with Gasteiger partial charge in [-0.05, 0) is 25.5 Å². The number of rotatable bonds is 5. The number of carbonyl (C=O) groups is 1. The second-order valence-corrected chi connectivity index (χ2v) is 4.97. The van der Waals surface area contributed by atoms with E-state index >= 15 is 0 Å². The third kappa shape index (κ3) is 3.74. The average molecular weight is 259 g/mol. The number of amides is 2. The van der Waals surface area contributed by atoms with Crippen LogP contribution < -0.4 is 10.6 Å². The van der Waals surface area contributed by atoms with Crippen LogP contribution in [0.4, 0.5) is 10.5 Å². The van der Waals surface area contributed by atoms with E-state index < -0.39 is 0 Å². The van der Waals surface area contributed by atoms with Crippen molar-refractivity contribution in [3.63, 3.8) is 0 Å². The number of para-hydroxylation sites is 1. The highest BCUT2D eigenvalue weighted by molar-refractivity contribution is 5.76. The number of benzene rings is 1. The van der Waals surface area contributed by atoms with Gasteiger partial charge in [0.1, 0.15) is 0 Å². The van der Waals surface area contributed by atoms with Crippen LogP contribution in [0.1, 0.15) is 19.4 Å². The standard InChI is InChI=1S/C15H21N3O/c1-12(2)7-8-16-14-6-4-3-5-13(14)11-18-10-9-17-15(18)19/h3-7,16H,8-11H2,1-2H3,(H,17,19). The van der Waals surface area contributed by atoms with Gasteiger partial charge in [0.15, 0.2) is 0 Å². The Morgan fingerprint density at radius 3 is 2.89 bits per heavy atom. The maximum absolute atomic E-state index is 11.6. The first-order valence-electron chi connectivity index (χ1n) is 6.65. The van der Waals surface area contributed by atoms with Gasteiger partial charge in [-0.15, -0.1) is 0 Å². The molecule has 0 unspecified atom stereocenters. The van der Waals surface area contributed by atoms with Crippen LogP contribution in [0.5, 0.6) is 0 Å². The molecule has 4 heteroatoms. The lowest BCUT2D eigenvalue weighted by atomic mass is 10.1. The molecular formula is C15H21N3O. The number of urea groups is 1. The Kier molecular flexibility index (Phi) is 4.44. The molecule has 1 fully saturated rings. The summed E-state index contributed by atoms with van der Waals surface area (Å²) in [6.45, 7) is 7.16. The fourth-order valence-electron chi connectivity index (χ4n) is 2.06. The molecule has 0 aromatic heterocycles. The van der Waals surface area contributed by atoms with E-state index in [1.54, 1.807) is 0 Å². The molecule has 0 spiro atoms. The quantitative estimate of drug-likeness (QED) is 0.798. The van der Waals surface area contributed by atoms with Gasteiger partial charge >= 0.3 is 6.03 Å². The Bertz CT molecular complexity index is 478. The minimum Gasteiger partial charge on any atom is -0.381 e. The minimum absolute atomic E-state index is 0.0269. The molecule has 2 amide bonds. The van der Waals surface area contributed by atoms with Crippen molar-refractivity contribution in [3.05, 3.63) is 41.5 Å². The van der Waals surface area contributed by atoms with Gasteiger partial charge in [0, 0.05) is 31.9 Å². The van der Waals surface area contributed by atoms with Crippen LogP contribution in [0, 0.1) is 0 Å². The summed E-state index contributed by atoms with van der Waals surface area (Å²) in [5.74, 6) is 0. The van der Waals surface area contributed by atoms with Crippen molar-refractivity contribution in [2.24, 2.45) is 0 Å². The molecular weight excluding hydrogens is 238 g/mol. The largest absolute Gasteiger partial charge is 0.381 e. The number of hydrogen-bond donors (Lipinski definition) is 2. The van der Waals surface area contributed by atoms with E-state index in [1.165, 1.54) is 5.57 Å². The van der Waals surface area contributed by atoms with Crippen molar-refractivity contribution in [1.82, 2.24) is 10.2 Å². The fraction of sp³-hybridized carbons (Fsp3) is 0.400. The molecule has 0 aliphatic carbocycles. The van der Waals surface area contributed by atoms with Crippen LogP contribution in [0.2, 0.25) is 0 Å². The van der Waals surface area contributed by atoms with E-state index in [0.717, 1.165) is 30.9 Å². The molecule has 2 rings (SSSR count). The van der Waals surface area contributed by atoms with E-state index in [9.17, 15) is 4.79 Å². The van der Waals surface area contributed by atoms with Crippen LogP contribution in [0.25, 0.3) is 0 Å². The third-order valence-corrected chi connectivity index (χ3v) is 3.13. The molecule has 0 atom stereocenters. The number of hydrogen-bond acceptors (Lipinski definition) is 2. The highest BCUT2D eigenvalue weighted by Gasteiger charge is 2.20. The monoisotopic (exact) mass is 259 g/mol. The van der Waals surface area contributed by atoms with Crippen molar-refractivity contribution >= 4 is 11.7 Å². The number of carbonyl (C=O) groups excluding carboxylic acids is 1. The predicted molar refractivity (Wildman–Crippen MR) is 78.2 cm³/mol. The molecule has 1 heterocycles. The average Bonchev–Trinajstić information content (AvgIpc) is 2.77. The van der Waals surface area contributed by atoms with Crippen molar-refractivity contribution in [3.8, 4) is 0 Å². The molecule has 19 heavy (non-hydrogen) atoms. The number of nitrogens with one attached hydrogen (secondary N) is 2. The topological polar surface area (TPSA) is 44.4 Å². The molecule has 1 aromatic carbocycles. The normalized spacial score (nSPS) is 14.2. The zero-order valence-corrected chi connectivity index (χ0v) is 11.6. The van der Waals surface area contributed by atoms with Gasteiger partial charge in [0.25, 0.3) is 0 Å². The van der Waals surface area contributed by atoms with Gasteiger partial charge in [-0.3, -0.25) is 0 Å². The SMILES string of the molecule is CC(C)=CCNc1ccccc1CN1CCNC1=O. The van der Waals surface area contributed by atoms with Crippen molar-refractivity contribution in [2.75, 3.05) is 25.0 Å². The predicted octanol–water partition coefficient (Wildman–Crippen LogP) is 2.59. The second-order valence-electron chi connectivity index (χ2n) is 4.97. The Morgan fingerprint density at radius 2 is 2.21 bits per heavy atom. The molecule has 1 aliphatic heterocycles. The number of nitrogens with zero attached hydrogens (tertiary/aromatic N) is 1. The molecule has 2 N–H and O–H groups in total. The maximum Gasteiger partial charge on any atom is 0.317 e. The van der Waals surface area contributed by atoms with Crippen LogP contribution in [0.3, 0.4) is 0 Å². The molecule has 0 radical (unpaired) electrons. The molecule has 4 nitrogen and oxygen atoms in total. The molecule has 1 aliphatic rings. The van der Waals surface area contributed by atoms with Gasteiger partial charge in [-0.25, -0.2) is 4.79 Å². The first-order valence-corrected chi connectivity index (χ1v) is 6.65. The van der Waals surface area contributed by atoms with Crippen LogP contribution >= 0.6 is 0 Å². The third-order valence-electron chi connectivity index (χ3n) is 3.13. The zero-order valence-electron chi connectivity index (χ0n) is 11.6. The summed E-state index contributed by atoms with van der Waals surface area (Å²) >= 11 is 0. The zero-order chi connectivity index (χ0) is 13.7. The van der Waals surface area contributed by atoms with E-state index in [0.29, 0.717) is 6.54 Å². The van der Waals surface area contributed by atoms with Gasteiger partial charge in [-0.2, -0.15) is 0 Å². The summed E-state index contributed by atoms with van der Waals surface area (Å²) in [6.07, 6.45) is 2.15. The first kappa shape index (κ1) is 13.5. The van der Waals surface area contributed by atoms with Crippen LogP contribution in [-0.2, 0) is 6.54 Å². The smallest absolute Gasteiger partial charge is 0.317 e.